The van der Waals surface area contributed by atoms with Gasteiger partial charge in [-0.25, -0.2) is 9.88 Å². The molecule has 0 bridgehead atoms. The molecule has 1 aromatic heterocycles. The Kier molecular flexibility index (Phi) is 8.71. The molecule has 2 aliphatic rings. The molecule has 6 aromatic rings. The average molecular weight is 709 g/mol. The number of benzene rings is 5. The summed E-state index contributed by atoms with van der Waals surface area (Å²) in [6, 6.07) is 35.1. The number of hydrogen-bond acceptors (Lipinski definition) is 9. The SMILES string of the molecule is O=C(Nc1cccc(SC2CC(=O)N(c3ccc(-c4nc5ccccc5o4)cc3)C2=O)c1)C(=Cc1ccc2c(c1)OCO2)NC(=O)c1ccccc1. The Hall–Kier alpha value is -6.66. The fourth-order valence-corrected chi connectivity index (χ4v) is 6.95. The predicted molar refractivity (Wildman–Crippen MR) is 196 cm³/mol. The van der Waals surface area contributed by atoms with E-state index >= 15 is 0 Å². The van der Waals surface area contributed by atoms with Crippen LogP contribution in [0.4, 0.5) is 11.4 Å². The van der Waals surface area contributed by atoms with Crippen molar-refractivity contribution >= 4 is 63.9 Å². The molecule has 3 heterocycles. The number of amides is 4. The van der Waals surface area contributed by atoms with Crippen molar-refractivity contribution in [3.05, 3.63) is 138 Å². The van der Waals surface area contributed by atoms with E-state index in [2.05, 4.69) is 15.6 Å². The van der Waals surface area contributed by atoms with Gasteiger partial charge in [-0.2, -0.15) is 0 Å². The van der Waals surface area contributed by atoms with Gasteiger partial charge in [-0.05, 0) is 90.5 Å². The van der Waals surface area contributed by atoms with E-state index < -0.39 is 17.1 Å². The predicted octanol–water partition coefficient (Wildman–Crippen LogP) is 7.06. The highest BCUT2D eigenvalue weighted by Crippen LogP contribution is 2.36. The van der Waals surface area contributed by atoms with Crippen molar-refractivity contribution in [2.75, 3.05) is 17.0 Å². The Labute approximate surface area is 301 Å². The number of anilines is 2. The first-order valence-corrected chi connectivity index (χ1v) is 17.1. The summed E-state index contributed by atoms with van der Waals surface area (Å²) < 4.78 is 16.7. The lowest BCUT2D eigenvalue weighted by atomic mass is 10.1. The summed E-state index contributed by atoms with van der Waals surface area (Å²) in [5, 5.41) is 4.92. The molecule has 0 radical (unpaired) electrons. The molecule has 0 saturated carbocycles. The first kappa shape index (κ1) is 32.5. The molecular formula is C40H28N4O7S. The van der Waals surface area contributed by atoms with E-state index in [0.717, 1.165) is 11.1 Å². The van der Waals surface area contributed by atoms with Gasteiger partial charge in [0.15, 0.2) is 17.1 Å². The summed E-state index contributed by atoms with van der Waals surface area (Å²) in [6.45, 7) is 0.100. The molecule has 4 amide bonds. The minimum absolute atomic E-state index is 0.0000977. The van der Waals surface area contributed by atoms with Crippen LogP contribution in [0.1, 0.15) is 22.3 Å². The molecule has 1 fully saturated rings. The Morgan fingerprint density at radius 3 is 2.44 bits per heavy atom. The number of carbonyl (C=O) groups is 4. The van der Waals surface area contributed by atoms with Gasteiger partial charge in [0.1, 0.15) is 11.2 Å². The third-order valence-electron chi connectivity index (χ3n) is 8.38. The Bertz CT molecular complexity index is 2360. The summed E-state index contributed by atoms with van der Waals surface area (Å²) in [5.74, 6) is -0.105. The molecule has 52 heavy (non-hydrogen) atoms. The van der Waals surface area contributed by atoms with Crippen LogP contribution >= 0.6 is 11.8 Å². The van der Waals surface area contributed by atoms with Crippen molar-refractivity contribution in [3.8, 4) is 23.0 Å². The van der Waals surface area contributed by atoms with E-state index in [9.17, 15) is 19.2 Å². The monoisotopic (exact) mass is 708 g/mol. The summed E-state index contributed by atoms with van der Waals surface area (Å²) in [4.78, 5) is 59.8. The van der Waals surface area contributed by atoms with E-state index in [4.69, 9.17) is 13.9 Å². The second kappa shape index (κ2) is 13.9. The number of aromatic nitrogens is 1. The van der Waals surface area contributed by atoms with E-state index in [1.807, 2.05) is 24.3 Å². The van der Waals surface area contributed by atoms with E-state index in [-0.39, 0.29) is 30.7 Å². The highest BCUT2D eigenvalue weighted by molar-refractivity contribution is 8.00. The van der Waals surface area contributed by atoms with Gasteiger partial charge in [0.25, 0.3) is 11.8 Å². The quantitative estimate of drug-likeness (QED) is 0.119. The lowest BCUT2D eigenvalue weighted by Gasteiger charge is -2.15. The molecule has 1 saturated heterocycles. The van der Waals surface area contributed by atoms with Gasteiger partial charge in [-0.3, -0.25) is 19.2 Å². The zero-order chi connectivity index (χ0) is 35.6. The summed E-state index contributed by atoms with van der Waals surface area (Å²) in [6.07, 6.45) is 1.56. The summed E-state index contributed by atoms with van der Waals surface area (Å²) in [7, 11) is 0. The van der Waals surface area contributed by atoms with Gasteiger partial charge in [-0.15, -0.1) is 11.8 Å². The van der Waals surface area contributed by atoms with Crippen molar-refractivity contribution in [1.82, 2.24) is 10.3 Å². The van der Waals surface area contributed by atoms with Gasteiger partial charge in [0.2, 0.25) is 24.5 Å². The maximum atomic E-state index is 13.7. The number of para-hydroxylation sites is 2. The number of nitrogens with one attached hydrogen (secondary N) is 2. The first-order valence-electron chi connectivity index (χ1n) is 16.3. The lowest BCUT2D eigenvalue weighted by molar-refractivity contribution is -0.121. The average Bonchev–Trinajstić information content (AvgIpc) is 3.89. The number of nitrogens with zero attached hydrogens (tertiary/aromatic N) is 2. The van der Waals surface area contributed by atoms with Crippen LogP contribution in [0.5, 0.6) is 11.5 Å². The first-order chi connectivity index (χ1) is 25.4. The molecule has 2 aliphatic heterocycles. The van der Waals surface area contributed by atoms with Gasteiger partial charge < -0.3 is 24.5 Å². The maximum Gasteiger partial charge on any atom is 0.272 e. The minimum Gasteiger partial charge on any atom is -0.454 e. The van der Waals surface area contributed by atoms with Crippen LogP contribution in [0.25, 0.3) is 28.6 Å². The zero-order valence-electron chi connectivity index (χ0n) is 27.3. The molecule has 0 aliphatic carbocycles. The number of thioether (sulfide) groups is 1. The topological polar surface area (TPSA) is 140 Å². The molecule has 12 heteroatoms. The largest absolute Gasteiger partial charge is 0.454 e. The second-order valence-electron chi connectivity index (χ2n) is 11.9. The second-order valence-corrected chi connectivity index (χ2v) is 13.2. The number of fused-ring (bicyclic) bond motifs is 2. The van der Waals surface area contributed by atoms with E-state index in [1.54, 1.807) is 103 Å². The van der Waals surface area contributed by atoms with Crippen LogP contribution in [0.2, 0.25) is 0 Å². The van der Waals surface area contributed by atoms with Crippen molar-refractivity contribution in [2.24, 2.45) is 0 Å². The van der Waals surface area contributed by atoms with Crippen LogP contribution in [0, 0.1) is 0 Å². The fourth-order valence-electron chi connectivity index (χ4n) is 5.84. The number of rotatable bonds is 9. The van der Waals surface area contributed by atoms with Crippen molar-refractivity contribution in [3.63, 3.8) is 0 Å². The number of oxazole rings is 1. The van der Waals surface area contributed by atoms with Gasteiger partial charge in [0.05, 0.1) is 10.9 Å². The lowest BCUT2D eigenvalue weighted by Crippen LogP contribution is -2.31. The third kappa shape index (κ3) is 6.74. The van der Waals surface area contributed by atoms with Gasteiger partial charge in [0, 0.05) is 28.1 Å². The third-order valence-corrected chi connectivity index (χ3v) is 9.56. The van der Waals surface area contributed by atoms with Crippen molar-refractivity contribution < 1.29 is 33.1 Å². The van der Waals surface area contributed by atoms with E-state index in [1.165, 1.54) is 16.7 Å². The molecular weight excluding hydrogens is 681 g/mol. The summed E-state index contributed by atoms with van der Waals surface area (Å²) >= 11 is 1.24. The highest BCUT2D eigenvalue weighted by Gasteiger charge is 2.40. The van der Waals surface area contributed by atoms with Crippen molar-refractivity contribution in [1.29, 1.82) is 0 Å². The maximum absolute atomic E-state index is 13.7. The molecule has 2 N–H and O–H groups in total. The van der Waals surface area contributed by atoms with Crippen molar-refractivity contribution in [2.45, 2.75) is 16.6 Å². The Morgan fingerprint density at radius 2 is 1.62 bits per heavy atom. The van der Waals surface area contributed by atoms with Gasteiger partial charge >= 0.3 is 0 Å². The summed E-state index contributed by atoms with van der Waals surface area (Å²) in [5.41, 5.74) is 4.02. The minimum atomic E-state index is -0.665. The fraction of sp³-hybridized carbons (Fsp3) is 0.0750. The Morgan fingerprint density at radius 1 is 0.827 bits per heavy atom. The molecule has 8 rings (SSSR count). The standard InChI is InChI=1S/C40H28N4O7S/c45-36-22-35(40(48)44(36)28-16-14-26(15-17-28)39-43-30-11-4-5-12-32(30)51-39)52-29-10-6-9-27(21-29)41-38(47)31(42-37(46)25-7-2-1-3-8-25)19-24-13-18-33-34(20-24)50-23-49-33/h1-21,35H,22-23H2,(H,41,47)(H,42,46). The van der Waals surface area contributed by atoms with Gasteiger partial charge in [-0.1, -0.05) is 42.5 Å². The number of imide groups is 1. The molecule has 11 nitrogen and oxygen atoms in total. The van der Waals surface area contributed by atoms with Crippen LogP contribution < -0.4 is 25.0 Å². The molecule has 256 valence electrons. The van der Waals surface area contributed by atoms with Crippen LogP contribution in [0.15, 0.2) is 136 Å². The molecule has 5 aromatic carbocycles. The molecule has 1 unspecified atom stereocenters. The van der Waals surface area contributed by atoms with Crippen LogP contribution in [-0.2, 0) is 14.4 Å². The Balaban J connectivity index is 0.967. The van der Waals surface area contributed by atoms with Crippen LogP contribution in [-0.4, -0.2) is 40.7 Å². The molecule has 1 atom stereocenters. The highest BCUT2D eigenvalue weighted by atomic mass is 32.2. The number of ether oxygens (including phenoxy) is 2. The zero-order valence-corrected chi connectivity index (χ0v) is 28.1. The number of hydrogen-bond donors (Lipinski definition) is 2. The number of carbonyl (C=O) groups excluding carboxylic acids is 4. The normalized spacial score (nSPS) is 15.3. The van der Waals surface area contributed by atoms with E-state index in [0.29, 0.717) is 50.4 Å². The smallest absolute Gasteiger partial charge is 0.272 e. The van der Waals surface area contributed by atoms with Crippen LogP contribution in [0.3, 0.4) is 0 Å². The molecule has 0 spiro atoms.